The standard InChI is InChI=1S/C14H21N3/c1-4-9-16-11(2)7-8-14(15)13-6-5-10-17-12(13)3/h4-11,14,16H,15H2,1-3H3/b8-7-,9-4-. The van der Waals surface area contributed by atoms with Crippen LogP contribution in [0.15, 0.2) is 42.8 Å². The van der Waals surface area contributed by atoms with Crippen molar-refractivity contribution in [3.8, 4) is 0 Å². The molecule has 2 unspecified atom stereocenters. The molecule has 3 heteroatoms. The summed E-state index contributed by atoms with van der Waals surface area (Å²) in [5, 5.41) is 3.22. The summed E-state index contributed by atoms with van der Waals surface area (Å²) >= 11 is 0. The van der Waals surface area contributed by atoms with Crippen LogP contribution in [0.25, 0.3) is 0 Å². The summed E-state index contributed by atoms with van der Waals surface area (Å²) in [6.45, 7) is 6.04. The van der Waals surface area contributed by atoms with Crippen LogP contribution in [-0.2, 0) is 0 Å². The molecular weight excluding hydrogens is 210 g/mol. The maximum absolute atomic E-state index is 6.10. The normalized spacial score (nSPS) is 15.3. The van der Waals surface area contributed by atoms with Gasteiger partial charge in [0.1, 0.15) is 0 Å². The summed E-state index contributed by atoms with van der Waals surface area (Å²) in [4.78, 5) is 4.24. The number of hydrogen-bond acceptors (Lipinski definition) is 3. The van der Waals surface area contributed by atoms with Gasteiger partial charge in [-0.15, -0.1) is 0 Å². The first-order chi connectivity index (χ1) is 8.15. The molecule has 3 N–H and O–H groups in total. The monoisotopic (exact) mass is 231 g/mol. The Labute approximate surface area is 103 Å². The van der Waals surface area contributed by atoms with Crippen LogP contribution in [0.1, 0.15) is 31.1 Å². The molecule has 2 atom stereocenters. The van der Waals surface area contributed by atoms with Gasteiger partial charge in [-0.25, -0.2) is 0 Å². The first-order valence-electron chi connectivity index (χ1n) is 5.87. The molecule has 0 amide bonds. The molecule has 0 aromatic carbocycles. The van der Waals surface area contributed by atoms with Crippen LogP contribution in [-0.4, -0.2) is 11.0 Å². The van der Waals surface area contributed by atoms with Gasteiger partial charge in [-0.05, 0) is 38.6 Å². The molecule has 92 valence electrons. The van der Waals surface area contributed by atoms with Crippen LogP contribution in [0.2, 0.25) is 0 Å². The summed E-state index contributed by atoms with van der Waals surface area (Å²) in [5.74, 6) is 0. The van der Waals surface area contributed by atoms with E-state index in [1.165, 1.54) is 0 Å². The molecule has 1 heterocycles. The lowest BCUT2D eigenvalue weighted by Crippen LogP contribution is -2.18. The summed E-state index contributed by atoms with van der Waals surface area (Å²) in [6.07, 6.45) is 9.75. The number of aryl methyl sites for hydroxylation is 1. The van der Waals surface area contributed by atoms with Crippen LogP contribution in [0.5, 0.6) is 0 Å². The molecule has 1 aromatic heterocycles. The average Bonchev–Trinajstić information content (AvgIpc) is 2.34. The van der Waals surface area contributed by atoms with E-state index in [9.17, 15) is 0 Å². The third-order valence-corrected chi connectivity index (χ3v) is 2.54. The van der Waals surface area contributed by atoms with Crippen molar-refractivity contribution in [3.05, 3.63) is 54.0 Å². The van der Waals surface area contributed by atoms with Crippen molar-refractivity contribution in [1.29, 1.82) is 0 Å². The van der Waals surface area contributed by atoms with Gasteiger partial charge in [-0.3, -0.25) is 4.98 Å². The van der Waals surface area contributed by atoms with Crippen LogP contribution < -0.4 is 11.1 Å². The molecule has 0 fully saturated rings. The Balaban J connectivity index is 2.63. The van der Waals surface area contributed by atoms with Gasteiger partial charge in [0.15, 0.2) is 0 Å². The molecule has 0 saturated heterocycles. The summed E-state index contributed by atoms with van der Waals surface area (Å²) in [6, 6.07) is 4.10. The van der Waals surface area contributed by atoms with Gasteiger partial charge < -0.3 is 11.1 Å². The van der Waals surface area contributed by atoms with E-state index in [-0.39, 0.29) is 12.1 Å². The minimum absolute atomic E-state index is 0.0986. The average molecular weight is 231 g/mol. The molecule has 0 aliphatic heterocycles. The number of nitrogens with two attached hydrogens (primary N) is 1. The van der Waals surface area contributed by atoms with Crippen molar-refractivity contribution in [2.75, 3.05) is 0 Å². The largest absolute Gasteiger partial charge is 0.385 e. The van der Waals surface area contributed by atoms with E-state index in [0.717, 1.165) is 11.3 Å². The third kappa shape index (κ3) is 4.41. The van der Waals surface area contributed by atoms with Crippen molar-refractivity contribution in [3.63, 3.8) is 0 Å². The van der Waals surface area contributed by atoms with E-state index < -0.39 is 0 Å². The van der Waals surface area contributed by atoms with E-state index in [0.29, 0.717) is 0 Å². The highest BCUT2D eigenvalue weighted by Gasteiger charge is 2.05. The second-order valence-corrected chi connectivity index (χ2v) is 4.04. The number of aromatic nitrogens is 1. The smallest absolute Gasteiger partial charge is 0.0499 e. The van der Waals surface area contributed by atoms with Gasteiger partial charge in [0.05, 0.1) is 0 Å². The fraction of sp³-hybridized carbons (Fsp3) is 0.357. The van der Waals surface area contributed by atoms with Gasteiger partial charge in [-0.2, -0.15) is 0 Å². The van der Waals surface area contributed by atoms with Crippen molar-refractivity contribution in [2.45, 2.75) is 32.9 Å². The maximum atomic E-state index is 6.10. The number of nitrogens with one attached hydrogen (secondary N) is 1. The number of nitrogens with zero attached hydrogens (tertiary/aromatic N) is 1. The van der Waals surface area contributed by atoms with E-state index in [1.807, 2.05) is 44.3 Å². The van der Waals surface area contributed by atoms with Crippen molar-refractivity contribution < 1.29 is 0 Å². The lowest BCUT2D eigenvalue weighted by molar-refractivity contribution is 0.757. The quantitative estimate of drug-likeness (QED) is 0.765. The van der Waals surface area contributed by atoms with Crippen molar-refractivity contribution >= 4 is 0 Å². The predicted octanol–water partition coefficient (Wildman–Crippen LogP) is 2.46. The Bertz CT molecular complexity index is 396. The Kier molecular flexibility index (Phi) is 5.43. The lowest BCUT2D eigenvalue weighted by atomic mass is 10.1. The van der Waals surface area contributed by atoms with Gasteiger partial charge in [0.2, 0.25) is 0 Å². The number of rotatable bonds is 5. The third-order valence-electron chi connectivity index (χ3n) is 2.54. The zero-order valence-electron chi connectivity index (χ0n) is 10.7. The summed E-state index contributed by atoms with van der Waals surface area (Å²) in [7, 11) is 0. The second-order valence-electron chi connectivity index (χ2n) is 4.04. The van der Waals surface area contributed by atoms with E-state index >= 15 is 0 Å². The minimum Gasteiger partial charge on any atom is -0.385 e. The summed E-state index contributed by atoms with van der Waals surface area (Å²) < 4.78 is 0. The molecule has 0 spiro atoms. The molecule has 1 rings (SSSR count). The lowest BCUT2D eigenvalue weighted by Gasteiger charge is -2.11. The number of allylic oxidation sites excluding steroid dienone is 1. The molecule has 0 bridgehead atoms. The Hall–Kier alpha value is -1.61. The summed E-state index contributed by atoms with van der Waals surface area (Å²) in [5.41, 5.74) is 8.16. The fourth-order valence-corrected chi connectivity index (χ4v) is 1.54. The molecule has 0 aliphatic rings. The van der Waals surface area contributed by atoms with Crippen molar-refractivity contribution in [2.24, 2.45) is 5.73 Å². The first-order valence-corrected chi connectivity index (χ1v) is 5.87. The zero-order valence-corrected chi connectivity index (χ0v) is 10.7. The molecule has 0 radical (unpaired) electrons. The topological polar surface area (TPSA) is 50.9 Å². The zero-order chi connectivity index (χ0) is 12.7. The Morgan fingerprint density at radius 3 is 2.82 bits per heavy atom. The highest BCUT2D eigenvalue weighted by atomic mass is 14.9. The molecule has 3 nitrogen and oxygen atoms in total. The van der Waals surface area contributed by atoms with E-state index in [2.05, 4.69) is 23.3 Å². The van der Waals surface area contributed by atoms with Crippen LogP contribution in [0.3, 0.4) is 0 Å². The maximum Gasteiger partial charge on any atom is 0.0499 e. The number of pyridine rings is 1. The van der Waals surface area contributed by atoms with E-state index in [4.69, 9.17) is 5.73 Å². The molecule has 0 saturated carbocycles. The fourth-order valence-electron chi connectivity index (χ4n) is 1.54. The van der Waals surface area contributed by atoms with Gasteiger partial charge in [0.25, 0.3) is 0 Å². The van der Waals surface area contributed by atoms with Gasteiger partial charge >= 0.3 is 0 Å². The SMILES string of the molecule is C/C=C\NC(C)/C=C\C(N)c1cccnc1C. The number of hydrogen-bond donors (Lipinski definition) is 2. The molecule has 0 aliphatic carbocycles. The second kappa shape index (κ2) is 6.86. The van der Waals surface area contributed by atoms with Gasteiger partial charge in [-0.1, -0.05) is 24.3 Å². The van der Waals surface area contributed by atoms with Crippen molar-refractivity contribution in [1.82, 2.24) is 10.3 Å². The Morgan fingerprint density at radius 1 is 1.41 bits per heavy atom. The molecular formula is C14H21N3. The van der Waals surface area contributed by atoms with Crippen LogP contribution in [0, 0.1) is 6.92 Å². The minimum atomic E-state index is -0.0986. The Morgan fingerprint density at radius 2 is 2.18 bits per heavy atom. The first kappa shape index (κ1) is 13.5. The predicted molar refractivity (Wildman–Crippen MR) is 72.5 cm³/mol. The highest BCUT2D eigenvalue weighted by Crippen LogP contribution is 2.14. The highest BCUT2D eigenvalue weighted by molar-refractivity contribution is 5.26. The molecule has 17 heavy (non-hydrogen) atoms. The van der Waals surface area contributed by atoms with Gasteiger partial charge in [0, 0.05) is 24.0 Å². The van der Waals surface area contributed by atoms with E-state index in [1.54, 1.807) is 6.20 Å². The molecule has 1 aromatic rings. The van der Waals surface area contributed by atoms with Crippen LogP contribution >= 0.6 is 0 Å². The van der Waals surface area contributed by atoms with Crippen LogP contribution in [0.4, 0.5) is 0 Å².